The third-order valence-corrected chi connectivity index (χ3v) is 4.84. The second-order valence-corrected chi connectivity index (χ2v) is 6.40. The molecule has 2 heterocycles. The zero-order valence-corrected chi connectivity index (χ0v) is 13.6. The second kappa shape index (κ2) is 7.03. The Bertz CT molecular complexity index is 658. The summed E-state index contributed by atoms with van der Waals surface area (Å²) in [5.41, 5.74) is 1.64. The molecule has 2 amide bonds. The summed E-state index contributed by atoms with van der Waals surface area (Å²) in [5, 5.41) is 9.63. The number of carbonyl (C=O) groups excluding carboxylic acids is 2. The number of hydrogen-bond acceptors (Lipinski definition) is 3. The van der Waals surface area contributed by atoms with Crippen LogP contribution in [0.2, 0.25) is 0 Å². The lowest BCUT2D eigenvalue weighted by atomic mass is 9.92. The van der Waals surface area contributed by atoms with Crippen LogP contribution in [-0.4, -0.2) is 52.3 Å². The average molecular weight is 330 g/mol. The zero-order chi connectivity index (χ0) is 17.1. The van der Waals surface area contributed by atoms with E-state index in [2.05, 4.69) is 0 Å². The first-order chi connectivity index (χ1) is 11.6. The van der Waals surface area contributed by atoms with Crippen molar-refractivity contribution in [2.24, 2.45) is 0 Å². The molecule has 0 aromatic heterocycles. The second-order valence-electron chi connectivity index (χ2n) is 6.40. The molecule has 6 nitrogen and oxygen atoms in total. The van der Waals surface area contributed by atoms with E-state index in [0.717, 1.165) is 24.8 Å². The molecule has 0 spiro atoms. The highest BCUT2D eigenvalue weighted by Gasteiger charge is 2.36. The number of likely N-dealkylation sites (tertiary alicyclic amines) is 1. The summed E-state index contributed by atoms with van der Waals surface area (Å²) in [4.78, 5) is 39.6. The maximum absolute atomic E-state index is 12.7. The number of amides is 2. The van der Waals surface area contributed by atoms with Gasteiger partial charge in [-0.05, 0) is 30.4 Å². The van der Waals surface area contributed by atoms with Gasteiger partial charge >= 0.3 is 5.97 Å². The molecule has 1 aromatic rings. The van der Waals surface area contributed by atoms with Gasteiger partial charge in [0.05, 0.1) is 6.54 Å². The highest BCUT2D eigenvalue weighted by Crippen LogP contribution is 2.30. The summed E-state index contributed by atoms with van der Waals surface area (Å²) in [6.45, 7) is 0.923. The first-order valence-electron chi connectivity index (χ1n) is 8.46. The van der Waals surface area contributed by atoms with Gasteiger partial charge < -0.3 is 14.9 Å². The van der Waals surface area contributed by atoms with Crippen molar-refractivity contribution in [1.82, 2.24) is 9.80 Å². The number of benzene rings is 1. The summed E-state index contributed by atoms with van der Waals surface area (Å²) >= 11 is 0. The molecule has 2 aliphatic rings. The molecule has 1 aromatic carbocycles. The molecule has 1 N–H and O–H groups in total. The van der Waals surface area contributed by atoms with E-state index in [9.17, 15) is 19.5 Å². The van der Waals surface area contributed by atoms with E-state index >= 15 is 0 Å². The fourth-order valence-electron chi connectivity index (χ4n) is 3.56. The van der Waals surface area contributed by atoms with Crippen LogP contribution in [-0.2, 0) is 20.8 Å². The quantitative estimate of drug-likeness (QED) is 0.913. The fourth-order valence-corrected chi connectivity index (χ4v) is 3.56. The molecule has 128 valence electrons. The van der Waals surface area contributed by atoms with E-state index in [4.69, 9.17) is 0 Å². The molecule has 1 saturated heterocycles. The predicted molar refractivity (Wildman–Crippen MR) is 87.3 cm³/mol. The van der Waals surface area contributed by atoms with Crippen LogP contribution >= 0.6 is 0 Å². The third kappa shape index (κ3) is 3.27. The minimum atomic E-state index is -1.03. The van der Waals surface area contributed by atoms with Crippen LogP contribution in [0.1, 0.15) is 42.9 Å². The summed E-state index contributed by atoms with van der Waals surface area (Å²) in [5.74, 6) is -1.32. The molecule has 1 atom stereocenters. The van der Waals surface area contributed by atoms with Crippen LogP contribution in [0.25, 0.3) is 0 Å². The molecule has 1 fully saturated rings. The third-order valence-electron chi connectivity index (χ3n) is 4.84. The molecule has 0 aliphatic carbocycles. The summed E-state index contributed by atoms with van der Waals surface area (Å²) < 4.78 is 0. The van der Waals surface area contributed by atoms with Gasteiger partial charge in [0.1, 0.15) is 0 Å². The Kier molecular flexibility index (Phi) is 4.83. The van der Waals surface area contributed by atoms with Gasteiger partial charge in [0, 0.05) is 19.5 Å². The van der Waals surface area contributed by atoms with Crippen molar-refractivity contribution in [2.75, 3.05) is 19.6 Å². The number of carbonyl (C=O) groups is 3. The lowest BCUT2D eigenvalue weighted by molar-refractivity contribution is -0.152. The smallest absolute Gasteiger partial charge is 0.331 e. The van der Waals surface area contributed by atoms with E-state index in [1.165, 1.54) is 4.90 Å². The Morgan fingerprint density at radius 3 is 2.67 bits per heavy atom. The Hall–Kier alpha value is -2.37. The number of rotatable bonds is 3. The van der Waals surface area contributed by atoms with Gasteiger partial charge in [-0.2, -0.15) is 0 Å². The predicted octanol–water partition coefficient (Wildman–Crippen LogP) is 1.60. The standard InChI is InChI=1S/C18H22N2O4/c21-15-8-2-1-5-10-19(15)12-16(22)20-11-9-13-6-3-4-7-14(13)17(20)18(23)24/h3-4,6-7,17H,1-2,5,8-12H2,(H,23,24). The molecule has 3 rings (SSSR count). The van der Waals surface area contributed by atoms with Gasteiger partial charge in [-0.3, -0.25) is 9.59 Å². The van der Waals surface area contributed by atoms with Gasteiger partial charge in [-0.1, -0.05) is 30.7 Å². The van der Waals surface area contributed by atoms with Crippen LogP contribution in [0.5, 0.6) is 0 Å². The van der Waals surface area contributed by atoms with Crippen molar-refractivity contribution in [3.8, 4) is 0 Å². The lowest BCUT2D eigenvalue weighted by Crippen LogP contribution is -2.48. The highest BCUT2D eigenvalue weighted by molar-refractivity contribution is 5.89. The SMILES string of the molecule is O=C(O)C1c2ccccc2CCN1C(=O)CN1CCCCCC1=O. The van der Waals surface area contributed by atoms with Crippen molar-refractivity contribution < 1.29 is 19.5 Å². The highest BCUT2D eigenvalue weighted by atomic mass is 16.4. The summed E-state index contributed by atoms with van der Waals surface area (Å²) in [6, 6.07) is 6.38. The van der Waals surface area contributed by atoms with E-state index in [-0.39, 0.29) is 18.4 Å². The number of nitrogens with zero attached hydrogens (tertiary/aromatic N) is 2. The van der Waals surface area contributed by atoms with Crippen LogP contribution < -0.4 is 0 Å². The van der Waals surface area contributed by atoms with Crippen LogP contribution in [0.15, 0.2) is 24.3 Å². The number of aliphatic carboxylic acids is 1. The molecule has 24 heavy (non-hydrogen) atoms. The van der Waals surface area contributed by atoms with E-state index < -0.39 is 12.0 Å². The van der Waals surface area contributed by atoms with Gasteiger partial charge in [-0.15, -0.1) is 0 Å². The Morgan fingerprint density at radius 2 is 1.88 bits per heavy atom. The topological polar surface area (TPSA) is 77.9 Å². The molecular formula is C18H22N2O4. The number of hydrogen-bond donors (Lipinski definition) is 1. The van der Waals surface area contributed by atoms with Gasteiger partial charge in [0.25, 0.3) is 0 Å². The summed E-state index contributed by atoms with van der Waals surface area (Å²) in [6.07, 6.45) is 3.85. The number of fused-ring (bicyclic) bond motifs is 1. The van der Waals surface area contributed by atoms with Crippen LogP contribution in [0.4, 0.5) is 0 Å². The minimum absolute atomic E-state index is 0.00913. The van der Waals surface area contributed by atoms with E-state index in [1.54, 1.807) is 17.0 Å². The molecule has 1 unspecified atom stereocenters. The van der Waals surface area contributed by atoms with Crippen molar-refractivity contribution in [2.45, 2.75) is 38.1 Å². The van der Waals surface area contributed by atoms with Crippen molar-refractivity contribution >= 4 is 17.8 Å². The molecule has 0 bridgehead atoms. The zero-order valence-electron chi connectivity index (χ0n) is 13.6. The van der Waals surface area contributed by atoms with Gasteiger partial charge in [0.2, 0.25) is 11.8 Å². The fraction of sp³-hybridized carbons (Fsp3) is 0.500. The van der Waals surface area contributed by atoms with Crippen LogP contribution in [0.3, 0.4) is 0 Å². The monoisotopic (exact) mass is 330 g/mol. The van der Waals surface area contributed by atoms with E-state index in [0.29, 0.717) is 31.5 Å². The van der Waals surface area contributed by atoms with Crippen molar-refractivity contribution in [1.29, 1.82) is 0 Å². The normalized spacial score (nSPS) is 21.2. The maximum Gasteiger partial charge on any atom is 0.331 e. The average Bonchev–Trinajstić information content (AvgIpc) is 2.78. The largest absolute Gasteiger partial charge is 0.479 e. The lowest BCUT2D eigenvalue weighted by Gasteiger charge is -2.36. The molecule has 2 aliphatic heterocycles. The maximum atomic E-state index is 12.7. The van der Waals surface area contributed by atoms with Gasteiger partial charge in [0.15, 0.2) is 6.04 Å². The van der Waals surface area contributed by atoms with Crippen molar-refractivity contribution in [3.05, 3.63) is 35.4 Å². The van der Waals surface area contributed by atoms with Crippen LogP contribution in [0, 0.1) is 0 Å². The van der Waals surface area contributed by atoms with Crippen molar-refractivity contribution in [3.63, 3.8) is 0 Å². The Morgan fingerprint density at radius 1 is 1.08 bits per heavy atom. The number of carboxylic acid groups (broad SMARTS) is 1. The molecular weight excluding hydrogens is 308 g/mol. The number of carboxylic acids is 1. The van der Waals surface area contributed by atoms with Gasteiger partial charge in [-0.25, -0.2) is 4.79 Å². The first kappa shape index (κ1) is 16.5. The summed E-state index contributed by atoms with van der Waals surface area (Å²) in [7, 11) is 0. The molecule has 0 radical (unpaired) electrons. The Labute approximate surface area is 141 Å². The first-order valence-corrected chi connectivity index (χ1v) is 8.46. The Balaban J connectivity index is 1.79. The molecule has 6 heteroatoms. The van der Waals surface area contributed by atoms with E-state index in [1.807, 2.05) is 12.1 Å². The molecule has 0 saturated carbocycles. The minimum Gasteiger partial charge on any atom is -0.479 e.